The molecule has 0 saturated heterocycles. The Labute approximate surface area is 87.9 Å². The lowest BCUT2D eigenvalue weighted by Crippen LogP contribution is -2.14. The average molecular weight is 204 g/mol. The Balaban J connectivity index is 2.44. The van der Waals surface area contributed by atoms with Gasteiger partial charge in [-0.05, 0) is 26.0 Å². The molecule has 1 N–H and O–H groups in total. The van der Waals surface area contributed by atoms with Gasteiger partial charge in [-0.3, -0.25) is 4.79 Å². The third-order valence-corrected chi connectivity index (χ3v) is 2.18. The highest BCUT2D eigenvalue weighted by Crippen LogP contribution is 2.24. The SMILES string of the molecule is CCON=C1C(=O)Nc2ccc(C)cc21. The lowest BCUT2D eigenvalue weighted by molar-refractivity contribution is -0.110. The summed E-state index contributed by atoms with van der Waals surface area (Å²) in [6, 6.07) is 5.74. The van der Waals surface area contributed by atoms with Crippen LogP contribution in [0.3, 0.4) is 0 Å². The van der Waals surface area contributed by atoms with E-state index in [9.17, 15) is 4.79 Å². The fraction of sp³-hybridized carbons (Fsp3) is 0.273. The van der Waals surface area contributed by atoms with Crippen molar-refractivity contribution in [2.75, 3.05) is 11.9 Å². The van der Waals surface area contributed by atoms with Crippen LogP contribution in [0, 0.1) is 6.92 Å². The minimum absolute atomic E-state index is 0.205. The zero-order valence-electron chi connectivity index (χ0n) is 8.70. The number of amides is 1. The van der Waals surface area contributed by atoms with Crippen LogP contribution in [0.5, 0.6) is 0 Å². The van der Waals surface area contributed by atoms with Crippen molar-refractivity contribution in [3.05, 3.63) is 29.3 Å². The monoisotopic (exact) mass is 204 g/mol. The summed E-state index contributed by atoms with van der Waals surface area (Å²) in [6.45, 7) is 4.26. The maximum absolute atomic E-state index is 11.5. The summed E-state index contributed by atoms with van der Waals surface area (Å²) in [4.78, 5) is 16.4. The maximum Gasteiger partial charge on any atom is 0.278 e. The quantitative estimate of drug-likeness (QED) is 0.745. The Kier molecular flexibility index (Phi) is 2.41. The van der Waals surface area contributed by atoms with Crippen molar-refractivity contribution in [3.63, 3.8) is 0 Å². The van der Waals surface area contributed by atoms with Crippen molar-refractivity contribution < 1.29 is 9.63 Å². The summed E-state index contributed by atoms with van der Waals surface area (Å²) in [5.41, 5.74) is 3.06. The number of nitrogens with one attached hydrogen (secondary N) is 1. The van der Waals surface area contributed by atoms with Crippen LogP contribution in [0.2, 0.25) is 0 Å². The first-order valence-corrected chi connectivity index (χ1v) is 4.84. The van der Waals surface area contributed by atoms with E-state index in [1.54, 1.807) is 0 Å². The minimum Gasteiger partial charge on any atom is -0.395 e. The summed E-state index contributed by atoms with van der Waals surface area (Å²) in [5, 5.41) is 6.54. The molecule has 0 radical (unpaired) electrons. The molecule has 0 unspecified atom stereocenters. The molecule has 0 aromatic heterocycles. The molecule has 1 aromatic carbocycles. The third-order valence-electron chi connectivity index (χ3n) is 2.18. The molecule has 78 valence electrons. The molecular weight excluding hydrogens is 192 g/mol. The van der Waals surface area contributed by atoms with E-state index in [0.717, 1.165) is 16.8 Å². The van der Waals surface area contributed by atoms with E-state index < -0.39 is 0 Å². The molecule has 0 fully saturated rings. The van der Waals surface area contributed by atoms with Gasteiger partial charge in [-0.15, -0.1) is 0 Å². The predicted octanol–water partition coefficient (Wildman–Crippen LogP) is 1.69. The van der Waals surface area contributed by atoms with Crippen molar-refractivity contribution in [1.29, 1.82) is 0 Å². The van der Waals surface area contributed by atoms with Gasteiger partial charge in [0, 0.05) is 5.56 Å². The van der Waals surface area contributed by atoms with Crippen LogP contribution in [0.25, 0.3) is 0 Å². The van der Waals surface area contributed by atoms with Gasteiger partial charge in [-0.1, -0.05) is 16.8 Å². The van der Waals surface area contributed by atoms with Crippen LogP contribution in [0.1, 0.15) is 18.1 Å². The van der Waals surface area contributed by atoms with E-state index in [2.05, 4.69) is 10.5 Å². The van der Waals surface area contributed by atoms with Crippen molar-refractivity contribution in [1.82, 2.24) is 0 Å². The number of oxime groups is 1. The number of hydrogen-bond acceptors (Lipinski definition) is 3. The van der Waals surface area contributed by atoms with E-state index in [4.69, 9.17) is 4.84 Å². The summed E-state index contributed by atoms with van der Waals surface area (Å²) >= 11 is 0. The first kappa shape index (κ1) is 9.71. The highest BCUT2D eigenvalue weighted by Gasteiger charge is 2.26. The van der Waals surface area contributed by atoms with Gasteiger partial charge in [0.1, 0.15) is 6.61 Å². The van der Waals surface area contributed by atoms with Crippen LogP contribution in [-0.2, 0) is 9.63 Å². The van der Waals surface area contributed by atoms with Gasteiger partial charge < -0.3 is 10.2 Å². The van der Waals surface area contributed by atoms with Crippen molar-refractivity contribution >= 4 is 17.3 Å². The third kappa shape index (κ3) is 1.70. The van der Waals surface area contributed by atoms with Gasteiger partial charge in [0.15, 0.2) is 5.71 Å². The topological polar surface area (TPSA) is 50.7 Å². The van der Waals surface area contributed by atoms with Crippen LogP contribution in [0.4, 0.5) is 5.69 Å². The largest absolute Gasteiger partial charge is 0.395 e. The van der Waals surface area contributed by atoms with Crippen LogP contribution in [0.15, 0.2) is 23.4 Å². The number of rotatable bonds is 2. The van der Waals surface area contributed by atoms with Crippen LogP contribution < -0.4 is 5.32 Å². The minimum atomic E-state index is -0.205. The lowest BCUT2D eigenvalue weighted by Gasteiger charge is -1.98. The number of fused-ring (bicyclic) bond motifs is 1. The molecule has 1 aliphatic heterocycles. The number of anilines is 1. The zero-order valence-corrected chi connectivity index (χ0v) is 8.70. The van der Waals surface area contributed by atoms with Gasteiger partial charge in [0.25, 0.3) is 5.91 Å². The average Bonchev–Trinajstić information content (AvgIpc) is 2.51. The van der Waals surface area contributed by atoms with E-state index in [1.165, 1.54) is 0 Å². The molecule has 4 nitrogen and oxygen atoms in total. The number of carbonyl (C=O) groups is 1. The Morgan fingerprint density at radius 3 is 3.00 bits per heavy atom. The molecular formula is C11H12N2O2. The van der Waals surface area contributed by atoms with Gasteiger partial charge in [0.2, 0.25) is 0 Å². The van der Waals surface area contributed by atoms with Crippen LogP contribution in [-0.4, -0.2) is 18.2 Å². The van der Waals surface area contributed by atoms with Crippen molar-refractivity contribution in [2.24, 2.45) is 5.16 Å². The second-order valence-corrected chi connectivity index (χ2v) is 3.36. The standard InChI is InChI=1S/C11H12N2O2/c1-3-15-13-10-8-6-7(2)4-5-9(8)12-11(10)14/h4-6H,3H2,1-2H3,(H,12,13,14). The predicted molar refractivity (Wildman–Crippen MR) is 58.0 cm³/mol. The van der Waals surface area contributed by atoms with E-state index in [-0.39, 0.29) is 5.91 Å². The van der Waals surface area contributed by atoms with E-state index >= 15 is 0 Å². The fourth-order valence-corrected chi connectivity index (χ4v) is 1.49. The number of carbonyl (C=O) groups excluding carboxylic acids is 1. The Bertz CT molecular complexity index is 438. The molecule has 15 heavy (non-hydrogen) atoms. The molecule has 1 amide bonds. The number of benzene rings is 1. The second-order valence-electron chi connectivity index (χ2n) is 3.36. The molecule has 4 heteroatoms. The second kappa shape index (κ2) is 3.73. The molecule has 1 heterocycles. The summed E-state index contributed by atoms with van der Waals surface area (Å²) in [6.07, 6.45) is 0. The Morgan fingerprint density at radius 1 is 1.47 bits per heavy atom. The van der Waals surface area contributed by atoms with Crippen LogP contribution >= 0.6 is 0 Å². The first-order valence-electron chi connectivity index (χ1n) is 4.84. The molecule has 0 bridgehead atoms. The van der Waals surface area contributed by atoms with Gasteiger partial charge >= 0.3 is 0 Å². The van der Waals surface area contributed by atoms with Gasteiger partial charge in [0.05, 0.1) is 5.69 Å². The Hall–Kier alpha value is -1.84. The Morgan fingerprint density at radius 2 is 2.27 bits per heavy atom. The smallest absolute Gasteiger partial charge is 0.278 e. The lowest BCUT2D eigenvalue weighted by atomic mass is 10.1. The molecule has 0 atom stereocenters. The van der Waals surface area contributed by atoms with Crippen molar-refractivity contribution in [2.45, 2.75) is 13.8 Å². The van der Waals surface area contributed by atoms with E-state index in [0.29, 0.717) is 12.3 Å². The van der Waals surface area contributed by atoms with E-state index in [1.807, 2.05) is 32.0 Å². The van der Waals surface area contributed by atoms with Gasteiger partial charge in [-0.25, -0.2) is 0 Å². The fourth-order valence-electron chi connectivity index (χ4n) is 1.49. The number of nitrogens with zero attached hydrogens (tertiary/aromatic N) is 1. The molecule has 0 aliphatic carbocycles. The molecule has 1 aromatic rings. The number of aryl methyl sites for hydroxylation is 1. The highest BCUT2D eigenvalue weighted by molar-refractivity contribution is 6.53. The highest BCUT2D eigenvalue weighted by atomic mass is 16.6. The molecule has 0 spiro atoms. The summed E-state index contributed by atoms with van der Waals surface area (Å²) < 4.78 is 0. The van der Waals surface area contributed by atoms with Crippen molar-refractivity contribution in [3.8, 4) is 0 Å². The molecule has 2 rings (SSSR count). The summed E-state index contributed by atoms with van der Waals surface area (Å²) in [5.74, 6) is -0.205. The summed E-state index contributed by atoms with van der Waals surface area (Å²) in [7, 11) is 0. The van der Waals surface area contributed by atoms with Gasteiger partial charge in [-0.2, -0.15) is 0 Å². The first-order chi connectivity index (χ1) is 7.22. The zero-order chi connectivity index (χ0) is 10.8. The molecule has 0 saturated carbocycles. The normalized spacial score (nSPS) is 16.4. The molecule has 1 aliphatic rings. The number of hydrogen-bond donors (Lipinski definition) is 1. The maximum atomic E-state index is 11.5.